The zero-order valence-electron chi connectivity index (χ0n) is 35.0. The Morgan fingerprint density at radius 3 is 1.23 bits per heavy atom. The predicted octanol–water partition coefficient (Wildman–Crippen LogP) is 17.0. The van der Waals surface area contributed by atoms with Crippen molar-refractivity contribution in [1.82, 2.24) is 0 Å². The van der Waals surface area contributed by atoms with E-state index < -0.39 is 0 Å². The van der Waals surface area contributed by atoms with Gasteiger partial charge in [-0.05, 0) is 149 Å². The number of nitrogens with zero attached hydrogens (tertiary/aromatic N) is 1. The van der Waals surface area contributed by atoms with E-state index in [1.807, 2.05) is 0 Å². The molecule has 0 spiro atoms. The standard InChI is InChI=1S/C61H45N/c1-61(2)59-21-9-8-20-57(59)58-37-30-53(41-60(58)61)46-28-35-56(36-29-46)62(54-31-24-44(25-32-54)49-17-10-16-48(38-49)42-12-4-3-5-13-42)55-33-26-45(27-34-55)50-18-11-19-51(39-50)52-23-22-43-14-6-7-15-47(43)40-52/h3-41H,1-2H3. The SMILES string of the molecule is CC1(C)c2ccccc2-c2ccc(-c3ccc(N(c4ccc(-c5cccc(-c6ccccc6)c5)cc4)c4ccc(-c5cccc(-c6ccc7ccccc7c6)c5)cc4)cc3)cc21. The molecule has 0 saturated carbocycles. The quantitative estimate of drug-likeness (QED) is 0.148. The molecule has 10 aromatic rings. The molecule has 1 aliphatic rings. The first kappa shape index (κ1) is 37.3. The molecule has 0 saturated heterocycles. The smallest absolute Gasteiger partial charge is 0.0462 e. The largest absolute Gasteiger partial charge is 0.311 e. The summed E-state index contributed by atoms with van der Waals surface area (Å²) in [6.45, 7) is 4.70. The third-order valence-corrected chi connectivity index (χ3v) is 12.9. The van der Waals surface area contributed by atoms with Crippen molar-refractivity contribution in [3.05, 3.63) is 248 Å². The van der Waals surface area contributed by atoms with Gasteiger partial charge >= 0.3 is 0 Å². The van der Waals surface area contributed by atoms with Crippen molar-refractivity contribution in [2.45, 2.75) is 19.3 Å². The van der Waals surface area contributed by atoms with Crippen molar-refractivity contribution < 1.29 is 0 Å². The first-order valence-corrected chi connectivity index (χ1v) is 21.6. The maximum absolute atomic E-state index is 2.40. The summed E-state index contributed by atoms with van der Waals surface area (Å²) in [4.78, 5) is 2.37. The molecule has 0 bridgehead atoms. The molecule has 0 radical (unpaired) electrons. The van der Waals surface area contributed by atoms with E-state index in [0.29, 0.717) is 0 Å². The van der Waals surface area contributed by atoms with Crippen molar-refractivity contribution in [2.24, 2.45) is 0 Å². The van der Waals surface area contributed by atoms with Gasteiger partial charge in [0.1, 0.15) is 0 Å². The highest BCUT2D eigenvalue weighted by Crippen LogP contribution is 2.49. The van der Waals surface area contributed by atoms with Gasteiger partial charge in [0.2, 0.25) is 0 Å². The average Bonchev–Trinajstić information content (AvgIpc) is 3.57. The number of rotatable bonds is 8. The van der Waals surface area contributed by atoms with Crippen LogP contribution in [0.1, 0.15) is 25.0 Å². The zero-order valence-corrected chi connectivity index (χ0v) is 35.0. The molecule has 10 aromatic carbocycles. The molecule has 0 unspecified atom stereocenters. The lowest BCUT2D eigenvalue weighted by molar-refractivity contribution is 0.660. The molecule has 0 atom stereocenters. The summed E-state index contributed by atoms with van der Waals surface area (Å²) in [5.74, 6) is 0. The van der Waals surface area contributed by atoms with Crippen LogP contribution in [0.15, 0.2) is 237 Å². The van der Waals surface area contributed by atoms with Crippen LogP contribution in [0.4, 0.5) is 17.1 Å². The minimum absolute atomic E-state index is 0.0440. The van der Waals surface area contributed by atoms with Gasteiger partial charge in [-0.15, -0.1) is 0 Å². The zero-order chi connectivity index (χ0) is 41.6. The van der Waals surface area contributed by atoms with Crippen molar-refractivity contribution in [1.29, 1.82) is 0 Å². The molecule has 11 rings (SSSR count). The molecule has 0 fully saturated rings. The van der Waals surface area contributed by atoms with Gasteiger partial charge in [-0.25, -0.2) is 0 Å². The molecule has 1 aliphatic carbocycles. The van der Waals surface area contributed by atoms with E-state index in [4.69, 9.17) is 0 Å². The number of hydrogen-bond acceptors (Lipinski definition) is 1. The Balaban J connectivity index is 0.937. The second-order valence-electron chi connectivity index (χ2n) is 17.0. The van der Waals surface area contributed by atoms with Crippen LogP contribution in [0.25, 0.3) is 77.5 Å². The van der Waals surface area contributed by atoms with E-state index in [-0.39, 0.29) is 5.41 Å². The Labute approximate surface area is 364 Å². The highest BCUT2D eigenvalue weighted by Gasteiger charge is 2.35. The van der Waals surface area contributed by atoms with E-state index in [0.717, 1.165) is 17.1 Å². The number of benzene rings is 10. The Morgan fingerprint density at radius 2 is 0.645 bits per heavy atom. The lowest BCUT2D eigenvalue weighted by Crippen LogP contribution is -2.14. The van der Waals surface area contributed by atoms with Gasteiger partial charge in [0.05, 0.1) is 0 Å². The summed E-state index contributed by atoms with van der Waals surface area (Å²) in [7, 11) is 0. The Bertz CT molecular complexity index is 3230. The maximum Gasteiger partial charge on any atom is 0.0462 e. The first-order chi connectivity index (χ1) is 30.5. The molecule has 0 aliphatic heterocycles. The minimum Gasteiger partial charge on any atom is -0.311 e. The molecule has 1 heteroatoms. The summed E-state index contributed by atoms with van der Waals surface area (Å²) >= 11 is 0. The lowest BCUT2D eigenvalue weighted by Gasteiger charge is -2.26. The van der Waals surface area contributed by atoms with Gasteiger partial charge < -0.3 is 4.90 Å². The third kappa shape index (κ3) is 6.79. The van der Waals surface area contributed by atoms with Crippen LogP contribution >= 0.6 is 0 Å². The normalized spacial score (nSPS) is 12.5. The second-order valence-corrected chi connectivity index (χ2v) is 17.0. The van der Waals surface area contributed by atoms with Crippen LogP contribution < -0.4 is 4.90 Å². The Hall–Kier alpha value is -7.74. The number of fused-ring (bicyclic) bond motifs is 4. The summed E-state index contributed by atoms with van der Waals surface area (Å²) in [5, 5.41) is 2.51. The van der Waals surface area contributed by atoms with Crippen LogP contribution in [-0.4, -0.2) is 0 Å². The number of anilines is 3. The van der Waals surface area contributed by atoms with Crippen LogP contribution in [0.5, 0.6) is 0 Å². The fourth-order valence-corrected chi connectivity index (χ4v) is 9.50. The number of hydrogen-bond donors (Lipinski definition) is 0. The topological polar surface area (TPSA) is 3.24 Å². The molecular weight excluding hydrogens is 747 g/mol. The molecule has 62 heavy (non-hydrogen) atoms. The minimum atomic E-state index is -0.0440. The van der Waals surface area contributed by atoms with Gasteiger partial charge in [-0.2, -0.15) is 0 Å². The Kier molecular flexibility index (Phi) is 9.24. The molecule has 0 N–H and O–H groups in total. The van der Waals surface area contributed by atoms with Crippen molar-refractivity contribution >= 4 is 27.8 Å². The van der Waals surface area contributed by atoms with E-state index in [1.165, 1.54) is 88.7 Å². The van der Waals surface area contributed by atoms with Crippen molar-refractivity contribution in [3.8, 4) is 66.8 Å². The van der Waals surface area contributed by atoms with Gasteiger partial charge in [0, 0.05) is 22.5 Å². The summed E-state index contributed by atoms with van der Waals surface area (Å²) in [6.07, 6.45) is 0. The summed E-state index contributed by atoms with van der Waals surface area (Å²) in [5.41, 5.74) is 20.8. The van der Waals surface area contributed by atoms with Crippen LogP contribution in [0.2, 0.25) is 0 Å². The fraction of sp³-hybridized carbons (Fsp3) is 0.0492. The van der Waals surface area contributed by atoms with Gasteiger partial charge in [0.15, 0.2) is 0 Å². The second kappa shape index (κ2) is 15.4. The average molecular weight is 792 g/mol. The highest BCUT2D eigenvalue weighted by molar-refractivity contribution is 5.89. The van der Waals surface area contributed by atoms with E-state index in [9.17, 15) is 0 Å². The third-order valence-electron chi connectivity index (χ3n) is 12.9. The van der Waals surface area contributed by atoms with Gasteiger partial charge in [-0.1, -0.05) is 190 Å². The Morgan fingerprint density at radius 1 is 0.258 bits per heavy atom. The van der Waals surface area contributed by atoms with E-state index in [2.05, 4.69) is 255 Å². The van der Waals surface area contributed by atoms with Crippen LogP contribution in [0.3, 0.4) is 0 Å². The van der Waals surface area contributed by atoms with Crippen molar-refractivity contribution in [2.75, 3.05) is 4.90 Å². The molecular formula is C61H45N. The monoisotopic (exact) mass is 791 g/mol. The molecule has 0 amide bonds. The highest BCUT2D eigenvalue weighted by atomic mass is 15.1. The predicted molar refractivity (Wildman–Crippen MR) is 263 cm³/mol. The summed E-state index contributed by atoms with van der Waals surface area (Å²) in [6, 6.07) is 86.5. The fourth-order valence-electron chi connectivity index (χ4n) is 9.50. The summed E-state index contributed by atoms with van der Waals surface area (Å²) < 4.78 is 0. The van der Waals surface area contributed by atoms with Gasteiger partial charge in [-0.3, -0.25) is 0 Å². The van der Waals surface area contributed by atoms with E-state index in [1.54, 1.807) is 0 Å². The molecule has 294 valence electrons. The van der Waals surface area contributed by atoms with Crippen molar-refractivity contribution in [3.63, 3.8) is 0 Å². The molecule has 0 heterocycles. The van der Waals surface area contributed by atoms with Crippen LogP contribution in [0, 0.1) is 0 Å². The molecule has 1 nitrogen and oxygen atoms in total. The molecule has 0 aromatic heterocycles. The maximum atomic E-state index is 2.40. The first-order valence-electron chi connectivity index (χ1n) is 21.6. The van der Waals surface area contributed by atoms with Gasteiger partial charge in [0.25, 0.3) is 0 Å². The lowest BCUT2D eigenvalue weighted by atomic mass is 9.81. The van der Waals surface area contributed by atoms with E-state index >= 15 is 0 Å². The van der Waals surface area contributed by atoms with Crippen LogP contribution in [-0.2, 0) is 5.41 Å².